The first-order valence-corrected chi connectivity index (χ1v) is 10.6. The number of ether oxygens (including phenoxy) is 1. The number of carbonyl (C=O) groups is 1. The van der Waals surface area contributed by atoms with Crippen LogP contribution in [0.5, 0.6) is 0 Å². The lowest BCUT2D eigenvalue weighted by Gasteiger charge is -2.09. The van der Waals surface area contributed by atoms with Gasteiger partial charge in [0, 0.05) is 0 Å². The van der Waals surface area contributed by atoms with Gasteiger partial charge in [0.2, 0.25) is 0 Å². The molecule has 3 aromatic rings. The lowest BCUT2D eigenvalue weighted by molar-refractivity contribution is 0.0600. The normalized spacial score (nSPS) is 11.4. The van der Waals surface area contributed by atoms with E-state index >= 15 is 0 Å². The van der Waals surface area contributed by atoms with E-state index in [-0.39, 0.29) is 10.5 Å². The highest BCUT2D eigenvalue weighted by Gasteiger charge is 2.17. The number of thioether (sulfide) groups is 1. The van der Waals surface area contributed by atoms with Crippen molar-refractivity contribution in [1.82, 2.24) is 4.98 Å². The zero-order valence-corrected chi connectivity index (χ0v) is 15.8. The SMILES string of the molecule is COC(=O)c1cccc(S(=O)(=O)Nc2ccc3nc(SC)sc3c2)c1. The van der Waals surface area contributed by atoms with Crippen molar-refractivity contribution in [2.45, 2.75) is 9.24 Å². The fourth-order valence-electron chi connectivity index (χ4n) is 2.18. The minimum absolute atomic E-state index is 0.00963. The Morgan fingerprint density at radius 3 is 2.76 bits per heavy atom. The predicted molar refractivity (Wildman–Crippen MR) is 100.0 cm³/mol. The molecule has 25 heavy (non-hydrogen) atoms. The van der Waals surface area contributed by atoms with Gasteiger partial charge >= 0.3 is 5.97 Å². The second-order valence-corrected chi connectivity index (χ2v) is 8.76. The average Bonchev–Trinajstić information content (AvgIpc) is 3.03. The number of hydrogen-bond donors (Lipinski definition) is 1. The summed E-state index contributed by atoms with van der Waals surface area (Å²) >= 11 is 3.04. The van der Waals surface area contributed by atoms with Gasteiger partial charge in [-0.05, 0) is 42.7 Å². The second kappa shape index (κ2) is 7.03. The minimum Gasteiger partial charge on any atom is -0.465 e. The molecule has 0 atom stereocenters. The average molecular weight is 394 g/mol. The Morgan fingerprint density at radius 2 is 2.04 bits per heavy atom. The van der Waals surface area contributed by atoms with Gasteiger partial charge < -0.3 is 4.74 Å². The highest BCUT2D eigenvalue weighted by molar-refractivity contribution is 8.00. The molecule has 1 heterocycles. The van der Waals surface area contributed by atoms with E-state index in [0.29, 0.717) is 5.69 Å². The fraction of sp³-hybridized carbons (Fsp3) is 0.125. The molecule has 0 bridgehead atoms. The van der Waals surface area contributed by atoms with Crippen LogP contribution >= 0.6 is 23.1 Å². The summed E-state index contributed by atoms with van der Waals surface area (Å²) in [5.74, 6) is -0.590. The van der Waals surface area contributed by atoms with Crippen LogP contribution in [0.15, 0.2) is 51.7 Å². The Morgan fingerprint density at radius 1 is 1.24 bits per heavy atom. The Hall–Kier alpha value is -2.10. The molecule has 0 aliphatic heterocycles. The quantitative estimate of drug-likeness (QED) is 0.526. The van der Waals surface area contributed by atoms with Crippen LogP contribution in [0, 0.1) is 0 Å². The standard InChI is InChI=1S/C16H14N2O4S3/c1-22-15(19)10-4-3-5-12(8-10)25(20,21)18-11-6-7-13-14(9-11)24-16(17-13)23-2/h3-9,18H,1-2H3. The van der Waals surface area contributed by atoms with Crippen molar-refractivity contribution in [3.8, 4) is 0 Å². The summed E-state index contributed by atoms with van der Waals surface area (Å²) in [7, 11) is -2.58. The van der Waals surface area contributed by atoms with Crippen LogP contribution in [-0.4, -0.2) is 32.7 Å². The van der Waals surface area contributed by atoms with Gasteiger partial charge in [-0.1, -0.05) is 17.8 Å². The zero-order chi connectivity index (χ0) is 18.0. The van der Waals surface area contributed by atoms with Crippen molar-refractivity contribution in [2.75, 3.05) is 18.1 Å². The molecule has 9 heteroatoms. The van der Waals surface area contributed by atoms with Crippen molar-refractivity contribution in [2.24, 2.45) is 0 Å². The topological polar surface area (TPSA) is 85.4 Å². The molecule has 130 valence electrons. The van der Waals surface area contributed by atoms with Crippen molar-refractivity contribution in [3.05, 3.63) is 48.0 Å². The molecule has 0 aliphatic rings. The van der Waals surface area contributed by atoms with Crippen molar-refractivity contribution < 1.29 is 17.9 Å². The van der Waals surface area contributed by atoms with Gasteiger partial charge in [0.05, 0.1) is 33.5 Å². The number of esters is 1. The number of carbonyl (C=O) groups excluding carboxylic acids is 1. The molecule has 0 aliphatic carbocycles. The van der Waals surface area contributed by atoms with Crippen LogP contribution in [0.4, 0.5) is 5.69 Å². The largest absolute Gasteiger partial charge is 0.465 e. The number of aromatic nitrogens is 1. The summed E-state index contributed by atoms with van der Waals surface area (Å²) in [5, 5.41) is 0. The number of anilines is 1. The molecule has 2 aromatic carbocycles. The Bertz CT molecular complexity index is 1040. The Kier molecular flexibility index (Phi) is 4.98. The van der Waals surface area contributed by atoms with Gasteiger partial charge in [-0.25, -0.2) is 18.2 Å². The number of hydrogen-bond acceptors (Lipinski definition) is 7. The minimum atomic E-state index is -3.82. The van der Waals surface area contributed by atoms with Crippen LogP contribution in [0.3, 0.4) is 0 Å². The van der Waals surface area contributed by atoms with E-state index in [1.54, 1.807) is 30.0 Å². The molecule has 0 fully saturated rings. The van der Waals surface area contributed by atoms with Gasteiger partial charge in [-0.15, -0.1) is 11.3 Å². The highest BCUT2D eigenvalue weighted by Crippen LogP contribution is 2.30. The molecule has 0 saturated heterocycles. The number of benzene rings is 2. The lowest BCUT2D eigenvalue weighted by atomic mass is 10.2. The molecule has 0 unspecified atom stereocenters. The molecular formula is C16H14N2O4S3. The van der Waals surface area contributed by atoms with Gasteiger partial charge in [0.25, 0.3) is 10.0 Å². The summed E-state index contributed by atoms with van der Waals surface area (Å²) in [6, 6.07) is 10.9. The first kappa shape index (κ1) is 17.7. The molecule has 0 radical (unpaired) electrons. The van der Waals surface area contributed by atoms with Crippen LogP contribution in [0.25, 0.3) is 10.2 Å². The summed E-state index contributed by atoms with van der Waals surface area (Å²) in [4.78, 5) is 16.0. The second-order valence-electron chi connectivity index (χ2n) is 4.99. The van der Waals surface area contributed by atoms with Crippen LogP contribution < -0.4 is 4.72 Å². The maximum absolute atomic E-state index is 12.6. The van der Waals surface area contributed by atoms with Crippen molar-refractivity contribution in [1.29, 1.82) is 0 Å². The first-order valence-electron chi connectivity index (χ1n) is 7.09. The molecule has 1 aromatic heterocycles. The van der Waals surface area contributed by atoms with Crippen molar-refractivity contribution >= 4 is 55.0 Å². The molecule has 0 spiro atoms. The molecule has 0 amide bonds. The van der Waals surface area contributed by atoms with Gasteiger partial charge in [0.15, 0.2) is 4.34 Å². The zero-order valence-electron chi connectivity index (χ0n) is 13.3. The summed E-state index contributed by atoms with van der Waals surface area (Å²) in [6.07, 6.45) is 1.94. The number of fused-ring (bicyclic) bond motifs is 1. The maximum Gasteiger partial charge on any atom is 0.337 e. The van der Waals surface area contributed by atoms with Crippen LogP contribution in [0.1, 0.15) is 10.4 Å². The first-order chi connectivity index (χ1) is 11.9. The van der Waals surface area contributed by atoms with Crippen LogP contribution in [0.2, 0.25) is 0 Å². The third kappa shape index (κ3) is 3.78. The third-order valence-electron chi connectivity index (χ3n) is 3.36. The number of rotatable bonds is 5. The Balaban J connectivity index is 1.92. The van der Waals surface area contributed by atoms with E-state index in [0.717, 1.165) is 14.6 Å². The van der Waals surface area contributed by atoms with E-state index in [4.69, 9.17) is 0 Å². The van der Waals surface area contributed by atoms with E-state index in [2.05, 4.69) is 14.4 Å². The van der Waals surface area contributed by atoms with E-state index in [1.807, 2.05) is 6.26 Å². The van der Waals surface area contributed by atoms with Gasteiger partial charge in [0.1, 0.15) is 0 Å². The molecular weight excluding hydrogens is 380 g/mol. The molecule has 6 nitrogen and oxygen atoms in total. The monoisotopic (exact) mass is 394 g/mol. The smallest absolute Gasteiger partial charge is 0.337 e. The number of thiazole rings is 1. The summed E-state index contributed by atoms with van der Waals surface area (Å²) in [6.45, 7) is 0. The van der Waals surface area contributed by atoms with E-state index in [1.165, 1.54) is 42.7 Å². The van der Waals surface area contributed by atoms with Gasteiger partial charge in [-0.3, -0.25) is 4.72 Å². The van der Waals surface area contributed by atoms with Crippen molar-refractivity contribution in [3.63, 3.8) is 0 Å². The van der Waals surface area contributed by atoms with Crippen LogP contribution in [-0.2, 0) is 14.8 Å². The highest BCUT2D eigenvalue weighted by atomic mass is 32.2. The number of nitrogens with zero attached hydrogens (tertiary/aromatic N) is 1. The number of nitrogens with one attached hydrogen (secondary N) is 1. The third-order valence-corrected chi connectivity index (χ3v) is 6.74. The maximum atomic E-state index is 12.6. The van der Waals surface area contributed by atoms with Gasteiger partial charge in [-0.2, -0.15) is 0 Å². The Labute approximate surface area is 153 Å². The number of sulfonamides is 1. The molecule has 1 N–H and O–H groups in total. The van der Waals surface area contributed by atoms with E-state index < -0.39 is 16.0 Å². The molecule has 3 rings (SSSR count). The number of methoxy groups -OCH3 is 1. The lowest BCUT2D eigenvalue weighted by Crippen LogP contribution is -2.14. The fourth-order valence-corrected chi connectivity index (χ4v) is 4.80. The molecule has 0 saturated carbocycles. The summed E-state index contributed by atoms with van der Waals surface area (Å²) in [5.41, 5.74) is 1.44. The predicted octanol–water partition coefficient (Wildman–Crippen LogP) is 3.61. The summed E-state index contributed by atoms with van der Waals surface area (Å²) < 4.78 is 34.1. The van der Waals surface area contributed by atoms with E-state index in [9.17, 15) is 13.2 Å².